The third kappa shape index (κ3) is 3.44. The Kier molecular flexibility index (Phi) is 4.65. The summed E-state index contributed by atoms with van der Waals surface area (Å²) in [6.45, 7) is -0.239. The molecule has 2 saturated heterocycles. The van der Waals surface area contributed by atoms with Gasteiger partial charge in [-0.05, 0) is 56.0 Å². The van der Waals surface area contributed by atoms with Crippen molar-refractivity contribution >= 4 is 15.9 Å². The molecule has 2 fully saturated rings. The molecular weight excluding hydrogens is 368 g/mol. The Bertz CT molecular complexity index is 897. The van der Waals surface area contributed by atoms with Crippen LogP contribution >= 0.6 is 0 Å². The van der Waals surface area contributed by atoms with Gasteiger partial charge in [0.15, 0.2) is 6.61 Å². The van der Waals surface area contributed by atoms with Crippen molar-refractivity contribution < 1.29 is 17.9 Å². The molecular formula is C18H22N4O4S. The highest BCUT2D eigenvalue weighted by Gasteiger charge is 2.47. The fourth-order valence-electron chi connectivity index (χ4n) is 4.19. The van der Waals surface area contributed by atoms with Gasteiger partial charge < -0.3 is 10.5 Å². The maximum atomic E-state index is 13.2. The van der Waals surface area contributed by atoms with Crippen LogP contribution in [0.25, 0.3) is 0 Å². The number of fused-ring (bicyclic) bond motifs is 2. The van der Waals surface area contributed by atoms with Crippen molar-refractivity contribution in [1.82, 2.24) is 14.1 Å². The number of primary amides is 1. The van der Waals surface area contributed by atoms with Crippen LogP contribution in [0, 0.1) is 0 Å². The zero-order valence-corrected chi connectivity index (χ0v) is 15.6. The second-order valence-corrected chi connectivity index (χ2v) is 8.90. The van der Waals surface area contributed by atoms with Crippen LogP contribution in [0.4, 0.5) is 0 Å². The van der Waals surface area contributed by atoms with Crippen LogP contribution in [0.5, 0.6) is 5.75 Å². The van der Waals surface area contributed by atoms with Gasteiger partial charge in [-0.1, -0.05) is 0 Å². The van der Waals surface area contributed by atoms with E-state index in [9.17, 15) is 13.2 Å². The molecule has 2 atom stereocenters. The summed E-state index contributed by atoms with van der Waals surface area (Å²) in [6, 6.07) is 8.26. The molecule has 8 nitrogen and oxygen atoms in total. The van der Waals surface area contributed by atoms with Gasteiger partial charge in [-0.2, -0.15) is 9.40 Å². The molecule has 1 aromatic heterocycles. The maximum absolute atomic E-state index is 13.2. The van der Waals surface area contributed by atoms with E-state index in [0.29, 0.717) is 5.75 Å². The van der Waals surface area contributed by atoms with Gasteiger partial charge in [0.05, 0.1) is 10.9 Å². The van der Waals surface area contributed by atoms with E-state index in [1.54, 1.807) is 22.6 Å². The number of amides is 1. The zero-order chi connectivity index (χ0) is 19.0. The summed E-state index contributed by atoms with van der Waals surface area (Å²) in [5, 5.41) is 4.32. The summed E-state index contributed by atoms with van der Waals surface area (Å²) in [5.41, 5.74) is 5.05. The summed E-state index contributed by atoms with van der Waals surface area (Å²) in [5.74, 6) is -0.170. The van der Waals surface area contributed by atoms with E-state index in [4.69, 9.17) is 10.5 Å². The van der Waals surface area contributed by atoms with Crippen molar-refractivity contribution in [3.8, 4) is 5.75 Å². The second-order valence-electron chi connectivity index (χ2n) is 7.06. The van der Waals surface area contributed by atoms with E-state index in [0.717, 1.165) is 25.7 Å². The molecule has 2 aliphatic rings. The predicted octanol–water partition coefficient (Wildman–Crippen LogP) is 1.30. The minimum Gasteiger partial charge on any atom is -0.484 e. The minimum absolute atomic E-state index is 0.00580. The summed E-state index contributed by atoms with van der Waals surface area (Å²) in [7, 11) is -3.58. The lowest BCUT2D eigenvalue weighted by Gasteiger charge is -2.37. The van der Waals surface area contributed by atoms with E-state index in [-0.39, 0.29) is 29.6 Å². The summed E-state index contributed by atoms with van der Waals surface area (Å²) >= 11 is 0. The van der Waals surface area contributed by atoms with Gasteiger partial charge in [-0.25, -0.2) is 8.42 Å². The molecule has 2 aromatic rings. The molecule has 3 heterocycles. The summed E-state index contributed by atoms with van der Waals surface area (Å²) in [4.78, 5) is 11.0. The normalized spacial score (nSPS) is 25.4. The molecule has 4 rings (SSSR count). The molecule has 0 radical (unpaired) electrons. The van der Waals surface area contributed by atoms with Crippen LogP contribution in [0.1, 0.15) is 31.7 Å². The van der Waals surface area contributed by atoms with E-state index < -0.39 is 15.9 Å². The standard InChI is InChI=1S/C18H22N4O4S/c19-18(23)12-26-16-4-6-17(7-5-16)27(24,25)22-13-2-3-14(22)11-15(10-13)21-9-1-8-20-21/h1,4-9,13-15H,2-3,10-12H2,(H2,19,23). The lowest BCUT2D eigenvalue weighted by atomic mass is 10.00. The number of rotatable bonds is 6. The van der Waals surface area contributed by atoms with Crippen molar-refractivity contribution in [3.05, 3.63) is 42.7 Å². The van der Waals surface area contributed by atoms with Gasteiger partial charge in [-0.3, -0.25) is 9.48 Å². The van der Waals surface area contributed by atoms with Crippen LogP contribution in [0.15, 0.2) is 47.6 Å². The number of piperidine rings is 1. The first-order valence-electron chi connectivity index (χ1n) is 8.99. The highest BCUT2D eigenvalue weighted by Crippen LogP contribution is 2.43. The first-order valence-corrected chi connectivity index (χ1v) is 10.4. The fraction of sp³-hybridized carbons (Fsp3) is 0.444. The number of carbonyl (C=O) groups excluding carboxylic acids is 1. The van der Waals surface area contributed by atoms with Crippen molar-refractivity contribution in [2.24, 2.45) is 5.73 Å². The molecule has 9 heteroatoms. The molecule has 1 amide bonds. The molecule has 144 valence electrons. The third-order valence-electron chi connectivity index (χ3n) is 5.32. The van der Waals surface area contributed by atoms with Gasteiger partial charge in [0.25, 0.3) is 5.91 Å². The van der Waals surface area contributed by atoms with Crippen molar-refractivity contribution in [3.63, 3.8) is 0 Å². The molecule has 2 unspecified atom stereocenters. The van der Waals surface area contributed by atoms with Gasteiger partial charge in [0, 0.05) is 24.5 Å². The van der Waals surface area contributed by atoms with E-state index in [2.05, 4.69) is 5.10 Å². The minimum atomic E-state index is -3.58. The van der Waals surface area contributed by atoms with Gasteiger partial charge in [0.1, 0.15) is 5.75 Å². The number of hydrogen-bond donors (Lipinski definition) is 1. The first kappa shape index (κ1) is 18.0. The lowest BCUT2D eigenvalue weighted by Crippen LogP contribution is -2.46. The number of carbonyl (C=O) groups is 1. The largest absolute Gasteiger partial charge is 0.484 e. The third-order valence-corrected chi connectivity index (χ3v) is 7.34. The highest BCUT2D eigenvalue weighted by molar-refractivity contribution is 7.89. The highest BCUT2D eigenvalue weighted by atomic mass is 32.2. The van der Waals surface area contributed by atoms with Crippen molar-refractivity contribution in [2.45, 2.75) is 48.7 Å². The van der Waals surface area contributed by atoms with E-state index in [1.807, 2.05) is 16.9 Å². The van der Waals surface area contributed by atoms with E-state index in [1.165, 1.54) is 12.1 Å². The second kappa shape index (κ2) is 6.97. The Morgan fingerprint density at radius 1 is 1.15 bits per heavy atom. The van der Waals surface area contributed by atoms with Crippen molar-refractivity contribution in [1.29, 1.82) is 0 Å². The molecule has 0 aliphatic carbocycles. The molecule has 27 heavy (non-hydrogen) atoms. The number of nitrogens with zero attached hydrogens (tertiary/aromatic N) is 3. The number of ether oxygens (including phenoxy) is 1. The maximum Gasteiger partial charge on any atom is 0.255 e. The Morgan fingerprint density at radius 3 is 2.37 bits per heavy atom. The SMILES string of the molecule is NC(=O)COc1ccc(S(=O)(=O)N2C3CCC2CC(n2cccn2)C3)cc1. The average Bonchev–Trinajstić information content (AvgIpc) is 3.27. The predicted molar refractivity (Wildman–Crippen MR) is 97.5 cm³/mol. The molecule has 0 saturated carbocycles. The van der Waals surface area contributed by atoms with Crippen LogP contribution in [0.2, 0.25) is 0 Å². The molecule has 2 bridgehead atoms. The van der Waals surface area contributed by atoms with Crippen LogP contribution in [0.3, 0.4) is 0 Å². The average molecular weight is 390 g/mol. The number of aromatic nitrogens is 2. The monoisotopic (exact) mass is 390 g/mol. The van der Waals surface area contributed by atoms with Crippen LogP contribution < -0.4 is 10.5 Å². The fourth-order valence-corrected chi connectivity index (χ4v) is 6.09. The number of benzene rings is 1. The van der Waals surface area contributed by atoms with Gasteiger partial charge in [-0.15, -0.1) is 0 Å². The smallest absolute Gasteiger partial charge is 0.255 e. The first-order chi connectivity index (χ1) is 12.9. The number of nitrogens with two attached hydrogens (primary N) is 1. The quantitative estimate of drug-likeness (QED) is 0.800. The van der Waals surface area contributed by atoms with Gasteiger partial charge in [0.2, 0.25) is 10.0 Å². The molecule has 2 N–H and O–H groups in total. The topological polar surface area (TPSA) is 108 Å². The summed E-state index contributed by atoms with van der Waals surface area (Å²) in [6.07, 6.45) is 7.00. The van der Waals surface area contributed by atoms with Crippen LogP contribution in [-0.2, 0) is 14.8 Å². The number of sulfonamides is 1. The zero-order valence-electron chi connectivity index (χ0n) is 14.8. The number of hydrogen-bond acceptors (Lipinski definition) is 5. The Labute approximate surface area is 158 Å². The van der Waals surface area contributed by atoms with Crippen molar-refractivity contribution in [2.75, 3.05) is 6.61 Å². The Hall–Kier alpha value is -2.39. The lowest BCUT2D eigenvalue weighted by molar-refractivity contribution is -0.119. The van der Waals surface area contributed by atoms with E-state index >= 15 is 0 Å². The molecule has 0 spiro atoms. The summed E-state index contributed by atoms with van der Waals surface area (Å²) < 4.78 is 35.2. The van der Waals surface area contributed by atoms with Crippen LogP contribution in [-0.4, -0.2) is 47.1 Å². The Balaban J connectivity index is 1.52. The molecule has 1 aromatic carbocycles. The Morgan fingerprint density at radius 2 is 1.81 bits per heavy atom. The molecule has 2 aliphatic heterocycles. The van der Waals surface area contributed by atoms with Gasteiger partial charge >= 0.3 is 0 Å².